The van der Waals surface area contributed by atoms with Gasteiger partial charge in [-0.15, -0.1) is 0 Å². The van der Waals surface area contributed by atoms with Crippen LogP contribution in [0.15, 0.2) is 42.7 Å². The van der Waals surface area contributed by atoms with E-state index in [1.54, 1.807) is 35.1 Å². The Hall–Kier alpha value is -2.63. The van der Waals surface area contributed by atoms with Gasteiger partial charge in [0.25, 0.3) is 0 Å². The number of hydrogen-bond acceptors (Lipinski definition) is 3. The van der Waals surface area contributed by atoms with Crippen LogP contribution in [0.1, 0.15) is 26.7 Å². The number of benzene rings is 1. The molecule has 0 bridgehead atoms. The van der Waals surface area contributed by atoms with E-state index >= 15 is 0 Å². The highest BCUT2D eigenvalue weighted by atomic mass is 16.2. The van der Waals surface area contributed by atoms with Gasteiger partial charge in [-0.2, -0.15) is 5.10 Å². The van der Waals surface area contributed by atoms with Crippen molar-refractivity contribution >= 4 is 23.2 Å². The standard InChI is InChI=1S/C17H22N4O2/c1-13(2)12-17(23)20-15-6-4-14(5-7-15)19-16(22)8-11-21-10-3-9-18-21/h3-7,9-10,13H,8,11-12H2,1-2H3,(H,19,22)(H,20,23). The minimum absolute atomic E-state index is 0.00370. The molecule has 0 saturated carbocycles. The first-order valence-electron chi connectivity index (χ1n) is 7.70. The highest BCUT2D eigenvalue weighted by Gasteiger charge is 2.06. The average molecular weight is 314 g/mol. The van der Waals surface area contributed by atoms with Crippen molar-refractivity contribution in [3.8, 4) is 0 Å². The summed E-state index contributed by atoms with van der Waals surface area (Å²) in [6.45, 7) is 4.55. The molecule has 1 aromatic carbocycles. The second-order valence-electron chi connectivity index (χ2n) is 5.79. The molecule has 0 aliphatic heterocycles. The third-order valence-corrected chi connectivity index (χ3v) is 3.17. The van der Waals surface area contributed by atoms with Gasteiger partial charge in [-0.3, -0.25) is 14.3 Å². The molecule has 0 aliphatic rings. The second kappa shape index (κ2) is 8.12. The summed E-state index contributed by atoms with van der Waals surface area (Å²) in [4.78, 5) is 23.6. The predicted octanol–water partition coefficient (Wildman–Crippen LogP) is 2.90. The molecule has 6 nitrogen and oxygen atoms in total. The largest absolute Gasteiger partial charge is 0.326 e. The molecule has 2 N–H and O–H groups in total. The van der Waals surface area contributed by atoms with Gasteiger partial charge in [0.2, 0.25) is 11.8 Å². The third-order valence-electron chi connectivity index (χ3n) is 3.17. The van der Waals surface area contributed by atoms with E-state index in [0.29, 0.717) is 31.0 Å². The van der Waals surface area contributed by atoms with Crippen LogP contribution in [0.25, 0.3) is 0 Å². The van der Waals surface area contributed by atoms with E-state index in [-0.39, 0.29) is 11.8 Å². The molecule has 1 aromatic heterocycles. The van der Waals surface area contributed by atoms with Crippen LogP contribution >= 0.6 is 0 Å². The molecule has 0 aliphatic carbocycles. The maximum atomic E-state index is 11.9. The first-order valence-corrected chi connectivity index (χ1v) is 7.70. The van der Waals surface area contributed by atoms with E-state index in [1.807, 2.05) is 26.1 Å². The zero-order chi connectivity index (χ0) is 16.7. The monoisotopic (exact) mass is 314 g/mol. The van der Waals surface area contributed by atoms with Crippen molar-refractivity contribution in [3.63, 3.8) is 0 Å². The van der Waals surface area contributed by atoms with Crippen LogP contribution in [0.3, 0.4) is 0 Å². The van der Waals surface area contributed by atoms with Crippen LogP contribution in [0, 0.1) is 5.92 Å². The van der Waals surface area contributed by atoms with E-state index in [9.17, 15) is 9.59 Å². The summed E-state index contributed by atoms with van der Waals surface area (Å²) in [5.41, 5.74) is 1.43. The smallest absolute Gasteiger partial charge is 0.226 e. The lowest BCUT2D eigenvalue weighted by Crippen LogP contribution is -2.15. The molecule has 23 heavy (non-hydrogen) atoms. The van der Waals surface area contributed by atoms with Gasteiger partial charge >= 0.3 is 0 Å². The highest BCUT2D eigenvalue weighted by Crippen LogP contribution is 2.14. The fourth-order valence-electron chi connectivity index (χ4n) is 2.09. The SMILES string of the molecule is CC(C)CC(=O)Nc1ccc(NC(=O)CCn2cccn2)cc1. The Balaban J connectivity index is 1.80. The van der Waals surface area contributed by atoms with E-state index in [1.165, 1.54) is 0 Å². The number of nitrogens with zero attached hydrogens (tertiary/aromatic N) is 2. The summed E-state index contributed by atoms with van der Waals surface area (Å²) in [5, 5.41) is 9.71. The molecule has 0 saturated heterocycles. The van der Waals surface area contributed by atoms with Crippen LogP contribution in [0.2, 0.25) is 0 Å². The predicted molar refractivity (Wildman–Crippen MR) is 90.0 cm³/mol. The van der Waals surface area contributed by atoms with E-state index in [4.69, 9.17) is 0 Å². The number of aromatic nitrogens is 2. The molecule has 2 aromatic rings. The zero-order valence-corrected chi connectivity index (χ0v) is 13.5. The lowest BCUT2D eigenvalue weighted by atomic mass is 10.1. The minimum Gasteiger partial charge on any atom is -0.326 e. The van der Waals surface area contributed by atoms with Crippen molar-refractivity contribution in [2.45, 2.75) is 33.2 Å². The molecular formula is C17H22N4O2. The Labute approximate surface area is 135 Å². The fourth-order valence-corrected chi connectivity index (χ4v) is 2.09. The van der Waals surface area contributed by atoms with E-state index < -0.39 is 0 Å². The Bertz CT molecular complexity index is 633. The minimum atomic E-state index is -0.0721. The van der Waals surface area contributed by atoms with E-state index in [2.05, 4.69) is 15.7 Å². The summed E-state index contributed by atoms with van der Waals surface area (Å²) >= 11 is 0. The fraction of sp³-hybridized carbons (Fsp3) is 0.353. The van der Waals surface area contributed by atoms with Crippen LogP contribution < -0.4 is 10.6 Å². The Morgan fingerprint density at radius 3 is 2.22 bits per heavy atom. The van der Waals surface area contributed by atoms with Crippen molar-refractivity contribution in [2.24, 2.45) is 5.92 Å². The molecule has 1 heterocycles. The van der Waals surface area contributed by atoms with Crippen molar-refractivity contribution < 1.29 is 9.59 Å². The van der Waals surface area contributed by atoms with Gasteiger partial charge in [0.1, 0.15) is 0 Å². The maximum Gasteiger partial charge on any atom is 0.226 e. The van der Waals surface area contributed by atoms with Crippen molar-refractivity contribution in [3.05, 3.63) is 42.7 Å². The van der Waals surface area contributed by atoms with Crippen LogP contribution in [0.5, 0.6) is 0 Å². The number of nitrogens with one attached hydrogen (secondary N) is 2. The lowest BCUT2D eigenvalue weighted by Gasteiger charge is -2.09. The molecule has 0 fully saturated rings. The Morgan fingerprint density at radius 2 is 1.70 bits per heavy atom. The third kappa shape index (κ3) is 5.94. The Kier molecular flexibility index (Phi) is 5.91. The summed E-state index contributed by atoms with van der Waals surface area (Å²) in [6.07, 6.45) is 4.35. The van der Waals surface area contributed by atoms with Gasteiger partial charge < -0.3 is 10.6 Å². The summed E-state index contributed by atoms with van der Waals surface area (Å²) in [5.74, 6) is 0.247. The molecule has 6 heteroatoms. The molecule has 0 atom stereocenters. The summed E-state index contributed by atoms with van der Waals surface area (Å²) < 4.78 is 1.72. The number of amides is 2. The zero-order valence-electron chi connectivity index (χ0n) is 13.5. The number of hydrogen-bond donors (Lipinski definition) is 2. The quantitative estimate of drug-likeness (QED) is 0.825. The number of anilines is 2. The molecule has 0 radical (unpaired) electrons. The van der Waals surface area contributed by atoms with Gasteiger partial charge in [-0.25, -0.2) is 0 Å². The maximum absolute atomic E-state index is 11.9. The van der Waals surface area contributed by atoms with Crippen LogP contribution in [-0.4, -0.2) is 21.6 Å². The molecular weight excluding hydrogens is 292 g/mol. The summed E-state index contributed by atoms with van der Waals surface area (Å²) in [6, 6.07) is 8.93. The van der Waals surface area contributed by atoms with E-state index in [0.717, 1.165) is 5.69 Å². The molecule has 0 spiro atoms. The van der Waals surface area contributed by atoms with Gasteiger partial charge in [-0.1, -0.05) is 13.8 Å². The van der Waals surface area contributed by atoms with Gasteiger partial charge in [0.15, 0.2) is 0 Å². The number of aryl methyl sites for hydroxylation is 1. The lowest BCUT2D eigenvalue weighted by molar-refractivity contribution is -0.117. The van der Waals surface area contributed by atoms with Crippen LogP contribution in [0.4, 0.5) is 11.4 Å². The normalized spacial score (nSPS) is 10.6. The molecule has 2 amide bonds. The van der Waals surface area contributed by atoms with Gasteiger partial charge in [0, 0.05) is 43.2 Å². The topological polar surface area (TPSA) is 76.0 Å². The molecule has 122 valence electrons. The molecule has 0 unspecified atom stereocenters. The van der Waals surface area contributed by atoms with Gasteiger partial charge in [-0.05, 0) is 36.2 Å². The van der Waals surface area contributed by atoms with Crippen molar-refractivity contribution in [1.29, 1.82) is 0 Å². The second-order valence-corrected chi connectivity index (χ2v) is 5.79. The first kappa shape index (κ1) is 16.7. The highest BCUT2D eigenvalue weighted by molar-refractivity contribution is 5.92. The van der Waals surface area contributed by atoms with Crippen LogP contribution in [-0.2, 0) is 16.1 Å². The van der Waals surface area contributed by atoms with Crippen molar-refractivity contribution in [1.82, 2.24) is 9.78 Å². The first-order chi connectivity index (χ1) is 11.0. The number of carbonyl (C=O) groups excluding carboxylic acids is 2. The Morgan fingerprint density at radius 1 is 1.09 bits per heavy atom. The number of carbonyl (C=O) groups is 2. The number of rotatable bonds is 7. The van der Waals surface area contributed by atoms with Crippen molar-refractivity contribution in [2.75, 3.05) is 10.6 Å². The summed E-state index contributed by atoms with van der Waals surface area (Å²) in [7, 11) is 0. The van der Waals surface area contributed by atoms with Gasteiger partial charge in [0.05, 0.1) is 0 Å². The average Bonchev–Trinajstić information content (AvgIpc) is 3.00. The molecule has 2 rings (SSSR count).